The van der Waals surface area contributed by atoms with E-state index in [1.54, 1.807) is 0 Å². The molecule has 0 N–H and O–H groups in total. The first kappa shape index (κ1) is 21.9. The molecule has 0 saturated carbocycles. The molecule has 0 radical (unpaired) electrons. The van der Waals surface area contributed by atoms with E-state index in [9.17, 15) is 31.1 Å². The summed E-state index contributed by atoms with van der Waals surface area (Å²) in [5, 5.41) is 4.57. The van der Waals surface area contributed by atoms with Crippen LogP contribution in [0.2, 0.25) is 0 Å². The fourth-order valence-electron chi connectivity index (χ4n) is 3.99. The van der Waals surface area contributed by atoms with Crippen molar-refractivity contribution < 1.29 is 31.1 Å². The van der Waals surface area contributed by atoms with Crippen LogP contribution in [0.4, 0.5) is 26.3 Å². The van der Waals surface area contributed by atoms with Gasteiger partial charge in [-0.1, -0.05) is 30.8 Å². The maximum atomic E-state index is 13.8. The maximum Gasteiger partial charge on any atom is 0.418 e. The molecular weight excluding hydrogens is 436 g/mol. The summed E-state index contributed by atoms with van der Waals surface area (Å²) in [6.07, 6.45) is -7.67. The summed E-state index contributed by atoms with van der Waals surface area (Å²) in [4.78, 5) is 13.4. The fraction of sp³-hybridized carbons (Fsp3) is 0.273. The molecule has 32 heavy (non-hydrogen) atoms. The second-order valence-corrected chi connectivity index (χ2v) is 7.50. The average molecular weight is 453 g/mol. The van der Waals surface area contributed by atoms with Crippen molar-refractivity contribution in [1.82, 2.24) is 14.7 Å². The van der Waals surface area contributed by atoms with Crippen LogP contribution in [0, 0.1) is 0 Å². The van der Waals surface area contributed by atoms with Gasteiger partial charge in [0.25, 0.3) is 0 Å². The Bertz CT molecular complexity index is 1180. The van der Waals surface area contributed by atoms with Gasteiger partial charge in [-0.3, -0.25) is 9.48 Å². The lowest BCUT2D eigenvalue weighted by Crippen LogP contribution is -2.27. The van der Waals surface area contributed by atoms with E-state index in [4.69, 9.17) is 0 Å². The quantitative estimate of drug-likeness (QED) is 0.377. The molecule has 2 aromatic carbocycles. The van der Waals surface area contributed by atoms with Gasteiger partial charge in [-0.05, 0) is 30.7 Å². The minimum Gasteiger partial charge on any atom is -0.337 e. The second kappa shape index (κ2) is 7.68. The molecule has 0 aliphatic carbocycles. The monoisotopic (exact) mass is 453 g/mol. The molecule has 1 aliphatic heterocycles. The number of aromatic nitrogens is 2. The first-order chi connectivity index (χ1) is 15.0. The van der Waals surface area contributed by atoms with Crippen LogP contribution in [0.5, 0.6) is 0 Å². The first-order valence-electron chi connectivity index (χ1n) is 9.68. The number of carbonyl (C=O) groups is 1. The number of hydrogen-bond acceptors (Lipinski definition) is 2. The van der Waals surface area contributed by atoms with Gasteiger partial charge in [0, 0.05) is 24.0 Å². The molecule has 10 heteroatoms. The summed E-state index contributed by atoms with van der Waals surface area (Å²) >= 11 is 0. The van der Waals surface area contributed by atoms with Gasteiger partial charge >= 0.3 is 12.4 Å². The van der Waals surface area contributed by atoms with Crippen molar-refractivity contribution in [3.63, 3.8) is 0 Å². The van der Waals surface area contributed by atoms with E-state index in [0.717, 1.165) is 24.3 Å². The van der Waals surface area contributed by atoms with Gasteiger partial charge in [0.1, 0.15) is 5.69 Å². The molecule has 2 heterocycles. The van der Waals surface area contributed by atoms with Gasteiger partial charge in [0.15, 0.2) is 0 Å². The van der Waals surface area contributed by atoms with Gasteiger partial charge in [0.05, 0.1) is 22.7 Å². The summed E-state index contributed by atoms with van der Waals surface area (Å²) < 4.78 is 81.4. The number of likely N-dealkylation sites (tertiary alicyclic amines) is 1. The Labute approximate surface area is 178 Å². The third-order valence-corrected chi connectivity index (χ3v) is 5.51. The number of halogens is 6. The highest BCUT2D eigenvalue weighted by Crippen LogP contribution is 2.41. The molecule has 1 atom stereocenters. The summed E-state index contributed by atoms with van der Waals surface area (Å²) in [6, 6.07) is 7.25. The predicted molar refractivity (Wildman–Crippen MR) is 106 cm³/mol. The number of benzene rings is 2. The summed E-state index contributed by atoms with van der Waals surface area (Å²) in [5.74, 6) is -0.331. The summed E-state index contributed by atoms with van der Waals surface area (Å²) in [5.41, 5.74) is -1.51. The molecule has 1 unspecified atom stereocenters. The van der Waals surface area contributed by atoms with E-state index in [1.165, 1.54) is 33.8 Å². The summed E-state index contributed by atoms with van der Waals surface area (Å²) in [6.45, 7) is 3.91. The number of carbonyl (C=O) groups excluding carboxylic acids is 1. The molecule has 168 valence electrons. The van der Waals surface area contributed by atoms with E-state index >= 15 is 0 Å². The molecule has 1 fully saturated rings. The number of hydrogen-bond donors (Lipinski definition) is 0. The Balaban J connectivity index is 1.87. The van der Waals surface area contributed by atoms with Crippen LogP contribution in [-0.4, -0.2) is 33.7 Å². The van der Waals surface area contributed by atoms with Crippen LogP contribution in [0.3, 0.4) is 0 Å². The van der Waals surface area contributed by atoms with Crippen molar-refractivity contribution >= 4 is 16.8 Å². The molecule has 4 nitrogen and oxygen atoms in total. The molecule has 1 amide bonds. The Morgan fingerprint density at radius 2 is 1.72 bits per heavy atom. The highest BCUT2D eigenvalue weighted by Gasteiger charge is 2.37. The second-order valence-electron chi connectivity index (χ2n) is 7.50. The van der Waals surface area contributed by atoms with Crippen LogP contribution >= 0.6 is 0 Å². The highest BCUT2D eigenvalue weighted by molar-refractivity contribution is 5.95. The van der Waals surface area contributed by atoms with E-state index in [-0.39, 0.29) is 34.6 Å². The SMILES string of the molecule is C=CC(=O)N1CCC(n2nc(-c3ccc(C(F)(F)F)cc3)c3cccc(C(F)(F)F)c32)C1. The Morgan fingerprint density at radius 3 is 2.31 bits per heavy atom. The zero-order chi connectivity index (χ0) is 23.3. The Kier molecular flexibility index (Phi) is 5.26. The third-order valence-electron chi connectivity index (χ3n) is 5.51. The average Bonchev–Trinajstić information content (AvgIpc) is 3.37. The molecular formula is C22H17F6N3O. The van der Waals surface area contributed by atoms with Crippen molar-refractivity contribution in [1.29, 1.82) is 0 Å². The van der Waals surface area contributed by atoms with E-state index in [0.29, 0.717) is 13.0 Å². The van der Waals surface area contributed by atoms with Crippen LogP contribution in [0.1, 0.15) is 23.6 Å². The van der Waals surface area contributed by atoms with Crippen LogP contribution in [0.25, 0.3) is 22.2 Å². The van der Waals surface area contributed by atoms with Crippen molar-refractivity contribution in [3.8, 4) is 11.3 Å². The standard InChI is InChI=1S/C22H17F6N3O/c1-2-18(32)30-11-10-15(12-30)31-20-16(4-3-5-17(20)22(26,27)28)19(29-31)13-6-8-14(9-7-13)21(23,24)25/h2-9,15H,1,10-12H2. The van der Waals surface area contributed by atoms with Crippen LogP contribution < -0.4 is 0 Å². The molecule has 1 aromatic heterocycles. The first-order valence-corrected chi connectivity index (χ1v) is 9.68. The molecule has 4 rings (SSSR count). The fourth-order valence-corrected chi connectivity index (χ4v) is 3.99. The van der Waals surface area contributed by atoms with E-state index < -0.39 is 29.5 Å². The van der Waals surface area contributed by atoms with Gasteiger partial charge < -0.3 is 4.90 Å². The van der Waals surface area contributed by atoms with Crippen molar-refractivity contribution in [3.05, 3.63) is 66.2 Å². The lowest BCUT2D eigenvalue weighted by molar-refractivity contribution is -0.138. The lowest BCUT2D eigenvalue weighted by Gasteiger charge is -2.17. The van der Waals surface area contributed by atoms with Gasteiger partial charge in [0.2, 0.25) is 5.91 Å². The molecule has 0 spiro atoms. The maximum absolute atomic E-state index is 13.8. The van der Waals surface area contributed by atoms with Crippen LogP contribution in [0.15, 0.2) is 55.1 Å². The topological polar surface area (TPSA) is 38.1 Å². The van der Waals surface area contributed by atoms with Crippen molar-refractivity contribution in [2.75, 3.05) is 13.1 Å². The number of nitrogens with zero attached hydrogens (tertiary/aromatic N) is 3. The summed E-state index contributed by atoms with van der Waals surface area (Å²) in [7, 11) is 0. The van der Waals surface area contributed by atoms with E-state index in [2.05, 4.69) is 11.7 Å². The number of amides is 1. The number of fused-ring (bicyclic) bond motifs is 1. The highest BCUT2D eigenvalue weighted by atomic mass is 19.4. The smallest absolute Gasteiger partial charge is 0.337 e. The van der Waals surface area contributed by atoms with Crippen LogP contribution in [-0.2, 0) is 17.1 Å². The lowest BCUT2D eigenvalue weighted by atomic mass is 10.0. The third kappa shape index (κ3) is 3.85. The predicted octanol–water partition coefficient (Wildman–Crippen LogP) is 5.70. The zero-order valence-corrected chi connectivity index (χ0v) is 16.5. The zero-order valence-electron chi connectivity index (χ0n) is 16.5. The van der Waals surface area contributed by atoms with Gasteiger partial charge in [-0.25, -0.2) is 0 Å². The minimum absolute atomic E-state index is 0.147. The Morgan fingerprint density at radius 1 is 1.03 bits per heavy atom. The van der Waals surface area contributed by atoms with Gasteiger partial charge in [-0.2, -0.15) is 31.4 Å². The Hall–Kier alpha value is -3.30. The number of rotatable bonds is 3. The molecule has 0 bridgehead atoms. The largest absolute Gasteiger partial charge is 0.418 e. The van der Waals surface area contributed by atoms with Crippen molar-refractivity contribution in [2.45, 2.75) is 24.8 Å². The number of para-hydroxylation sites is 1. The van der Waals surface area contributed by atoms with Crippen molar-refractivity contribution in [2.24, 2.45) is 0 Å². The molecule has 1 saturated heterocycles. The molecule has 3 aromatic rings. The minimum atomic E-state index is -4.66. The molecule has 1 aliphatic rings. The van der Waals surface area contributed by atoms with Gasteiger partial charge in [-0.15, -0.1) is 0 Å². The van der Waals surface area contributed by atoms with E-state index in [1.807, 2.05) is 0 Å². The normalized spacial score (nSPS) is 17.2. The number of alkyl halides is 6.